The third kappa shape index (κ3) is 3.40. The summed E-state index contributed by atoms with van der Waals surface area (Å²) < 4.78 is 5.44. The van der Waals surface area contributed by atoms with Crippen LogP contribution >= 0.6 is 0 Å². The first-order chi connectivity index (χ1) is 9.41. The van der Waals surface area contributed by atoms with Crippen LogP contribution in [-0.2, 0) is 11.2 Å². The highest BCUT2D eigenvalue weighted by Crippen LogP contribution is 2.22. The van der Waals surface area contributed by atoms with Crippen LogP contribution in [0.4, 0.5) is 0 Å². The van der Waals surface area contributed by atoms with Crippen molar-refractivity contribution in [3.8, 4) is 0 Å². The number of nitrogens with two attached hydrogens (primary N) is 1. The van der Waals surface area contributed by atoms with Crippen molar-refractivity contribution in [2.45, 2.75) is 45.7 Å². The highest BCUT2D eigenvalue weighted by Gasteiger charge is 2.34. The molecule has 1 aromatic carbocycles. The summed E-state index contributed by atoms with van der Waals surface area (Å²) >= 11 is 0. The highest BCUT2D eigenvalue weighted by molar-refractivity contribution is 5.30. The number of hydrogen-bond acceptors (Lipinski definition) is 3. The molecule has 1 fully saturated rings. The molecule has 0 radical (unpaired) electrons. The summed E-state index contributed by atoms with van der Waals surface area (Å²) in [5, 5.41) is 0. The van der Waals surface area contributed by atoms with Gasteiger partial charge in [-0.05, 0) is 50.8 Å². The molecule has 1 aliphatic rings. The van der Waals surface area contributed by atoms with E-state index in [0.29, 0.717) is 0 Å². The first-order valence-corrected chi connectivity index (χ1v) is 7.56. The Morgan fingerprint density at radius 3 is 2.45 bits per heavy atom. The maximum absolute atomic E-state index is 6.52. The first-order valence-electron chi connectivity index (χ1n) is 7.56. The second-order valence-electron chi connectivity index (χ2n) is 6.48. The molecule has 0 amide bonds. The maximum atomic E-state index is 6.52. The lowest BCUT2D eigenvalue weighted by molar-refractivity contribution is -0.0186. The fourth-order valence-corrected chi connectivity index (χ4v) is 2.81. The van der Waals surface area contributed by atoms with E-state index >= 15 is 0 Å². The van der Waals surface area contributed by atoms with Gasteiger partial charge in [-0.15, -0.1) is 0 Å². The van der Waals surface area contributed by atoms with E-state index in [-0.39, 0.29) is 11.6 Å². The number of hydrogen-bond donors (Lipinski definition) is 1. The quantitative estimate of drug-likeness (QED) is 0.917. The van der Waals surface area contributed by atoms with Crippen LogP contribution in [0, 0.1) is 13.8 Å². The lowest BCUT2D eigenvalue weighted by atomic mass is 9.87. The molecule has 0 aromatic heterocycles. The monoisotopic (exact) mass is 276 g/mol. The third-order valence-electron chi connectivity index (χ3n) is 4.76. The minimum absolute atomic E-state index is 0.00255. The first kappa shape index (κ1) is 15.5. The van der Waals surface area contributed by atoms with Crippen LogP contribution in [-0.4, -0.2) is 42.8 Å². The molecule has 1 aliphatic heterocycles. The van der Waals surface area contributed by atoms with E-state index in [2.05, 4.69) is 50.8 Å². The van der Waals surface area contributed by atoms with Crippen molar-refractivity contribution >= 4 is 0 Å². The minimum Gasteiger partial charge on any atom is -0.379 e. The van der Waals surface area contributed by atoms with E-state index in [0.717, 1.165) is 32.7 Å². The Morgan fingerprint density at radius 2 is 1.85 bits per heavy atom. The number of rotatable bonds is 4. The van der Waals surface area contributed by atoms with E-state index in [4.69, 9.17) is 10.5 Å². The standard InChI is InChI=1S/C17H28N2O/c1-13-5-6-15(11-14(13)2)12-16(18)17(3,4)19-7-9-20-10-8-19/h5-6,11,16H,7-10,12,18H2,1-4H3. The topological polar surface area (TPSA) is 38.5 Å². The summed E-state index contributed by atoms with van der Waals surface area (Å²) in [7, 11) is 0. The van der Waals surface area contributed by atoms with Crippen LogP contribution in [0.25, 0.3) is 0 Å². The molecule has 112 valence electrons. The Morgan fingerprint density at radius 1 is 1.20 bits per heavy atom. The van der Waals surface area contributed by atoms with E-state index in [1.807, 2.05) is 0 Å². The maximum Gasteiger partial charge on any atom is 0.0594 e. The third-order valence-corrected chi connectivity index (χ3v) is 4.76. The SMILES string of the molecule is Cc1ccc(CC(N)C(C)(C)N2CCOCC2)cc1C. The van der Waals surface area contributed by atoms with Crippen molar-refractivity contribution in [2.75, 3.05) is 26.3 Å². The van der Waals surface area contributed by atoms with Crippen molar-refractivity contribution in [2.24, 2.45) is 5.73 Å². The Hall–Kier alpha value is -0.900. The number of benzene rings is 1. The van der Waals surface area contributed by atoms with Crippen LogP contribution in [0.15, 0.2) is 18.2 Å². The van der Waals surface area contributed by atoms with Gasteiger partial charge in [-0.25, -0.2) is 0 Å². The van der Waals surface area contributed by atoms with E-state index in [9.17, 15) is 0 Å². The lowest BCUT2D eigenvalue weighted by Crippen LogP contribution is -2.59. The Kier molecular flexibility index (Phi) is 4.84. The summed E-state index contributed by atoms with van der Waals surface area (Å²) in [5.41, 5.74) is 10.5. The average molecular weight is 276 g/mol. The lowest BCUT2D eigenvalue weighted by Gasteiger charge is -2.44. The second-order valence-corrected chi connectivity index (χ2v) is 6.48. The summed E-state index contributed by atoms with van der Waals surface area (Å²) in [6, 6.07) is 6.80. The van der Waals surface area contributed by atoms with Crippen LogP contribution in [0.5, 0.6) is 0 Å². The molecule has 3 heteroatoms. The fraction of sp³-hybridized carbons (Fsp3) is 0.647. The van der Waals surface area contributed by atoms with Crippen LogP contribution < -0.4 is 5.73 Å². The summed E-state index contributed by atoms with van der Waals surface area (Å²) in [4.78, 5) is 2.46. The molecule has 0 aliphatic carbocycles. The van der Waals surface area contributed by atoms with Gasteiger partial charge < -0.3 is 10.5 Å². The van der Waals surface area contributed by atoms with Gasteiger partial charge in [0.1, 0.15) is 0 Å². The normalized spacial score (nSPS) is 19.1. The average Bonchev–Trinajstić information content (AvgIpc) is 2.44. The zero-order valence-electron chi connectivity index (χ0n) is 13.3. The zero-order chi connectivity index (χ0) is 14.8. The van der Waals surface area contributed by atoms with Crippen molar-refractivity contribution in [3.05, 3.63) is 34.9 Å². The largest absolute Gasteiger partial charge is 0.379 e. The molecule has 3 nitrogen and oxygen atoms in total. The van der Waals surface area contributed by atoms with Gasteiger partial charge in [0.2, 0.25) is 0 Å². The molecule has 1 atom stereocenters. The smallest absolute Gasteiger partial charge is 0.0594 e. The Bertz CT molecular complexity index is 450. The van der Waals surface area contributed by atoms with Gasteiger partial charge in [-0.3, -0.25) is 4.90 Å². The molecule has 0 spiro atoms. The van der Waals surface area contributed by atoms with E-state index in [1.165, 1.54) is 16.7 Å². The molecule has 1 saturated heterocycles. The van der Waals surface area contributed by atoms with E-state index in [1.54, 1.807) is 0 Å². The number of nitrogens with zero attached hydrogens (tertiary/aromatic N) is 1. The molecule has 2 N–H and O–H groups in total. The van der Waals surface area contributed by atoms with Gasteiger partial charge in [-0.1, -0.05) is 18.2 Å². The van der Waals surface area contributed by atoms with Gasteiger partial charge >= 0.3 is 0 Å². The second kappa shape index (κ2) is 6.25. The molecule has 2 rings (SSSR count). The predicted molar refractivity (Wildman–Crippen MR) is 84.1 cm³/mol. The molecular weight excluding hydrogens is 248 g/mol. The highest BCUT2D eigenvalue weighted by atomic mass is 16.5. The van der Waals surface area contributed by atoms with Crippen molar-refractivity contribution in [1.82, 2.24) is 4.90 Å². The summed E-state index contributed by atoms with van der Waals surface area (Å²) in [6.07, 6.45) is 0.922. The van der Waals surface area contributed by atoms with Gasteiger partial charge in [0.25, 0.3) is 0 Å². The van der Waals surface area contributed by atoms with Crippen LogP contribution in [0.3, 0.4) is 0 Å². The van der Waals surface area contributed by atoms with Crippen molar-refractivity contribution in [3.63, 3.8) is 0 Å². The molecule has 1 heterocycles. The molecule has 0 bridgehead atoms. The number of morpholine rings is 1. The molecule has 20 heavy (non-hydrogen) atoms. The van der Waals surface area contributed by atoms with E-state index < -0.39 is 0 Å². The zero-order valence-corrected chi connectivity index (χ0v) is 13.3. The molecule has 1 unspecified atom stereocenters. The minimum atomic E-state index is 0.00255. The van der Waals surface area contributed by atoms with Gasteiger partial charge in [0.05, 0.1) is 13.2 Å². The molecule has 0 saturated carbocycles. The van der Waals surface area contributed by atoms with Crippen LogP contribution in [0.2, 0.25) is 0 Å². The fourth-order valence-electron chi connectivity index (χ4n) is 2.81. The Labute approximate surface area is 123 Å². The van der Waals surface area contributed by atoms with Gasteiger partial charge in [0, 0.05) is 24.7 Å². The number of ether oxygens (including phenoxy) is 1. The summed E-state index contributed by atoms with van der Waals surface area (Å²) in [6.45, 7) is 12.4. The molecular formula is C17H28N2O. The van der Waals surface area contributed by atoms with Crippen LogP contribution in [0.1, 0.15) is 30.5 Å². The van der Waals surface area contributed by atoms with Crippen molar-refractivity contribution in [1.29, 1.82) is 0 Å². The van der Waals surface area contributed by atoms with Gasteiger partial charge in [-0.2, -0.15) is 0 Å². The predicted octanol–water partition coefficient (Wildman–Crippen LogP) is 2.28. The van der Waals surface area contributed by atoms with Crippen molar-refractivity contribution < 1.29 is 4.74 Å². The summed E-state index contributed by atoms with van der Waals surface area (Å²) in [5.74, 6) is 0. The number of aryl methyl sites for hydroxylation is 2. The molecule has 1 aromatic rings. The van der Waals surface area contributed by atoms with Gasteiger partial charge in [0.15, 0.2) is 0 Å². The Balaban J connectivity index is 2.05.